The van der Waals surface area contributed by atoms with Crippen LogP contribution in [0.25, 0.3) is 0 Å². The standard InChI is InChI=1S/C25H27ClN2O4S/c1-18-14-19(2)16-24(15-18)32-13-12-27-25(29)21-6-10-23(11-7-21)28(33(3,30)31)17-20-4-8-22(26)9-5-20/h4-11,14-16H,12-13,17H2,1-3H3,(H,27,29). The average molecular weight is 487 g/mol. The van der Waals surface area contributed by atoms with Gasteiger partial charge in [0.25, 0.3) is 5.91 Å². The van der Waals surface area contributed by atoms with Crippen molar-refractivity contribution >= 4 is 33.2 Å². The van der Waals surface area contributed by atoms with Gasteiger partial charge in [0.15, 0.2) is 0 Å². The number of benzene rings is 3. The predicted molar refractivity (Wildman–Crippen MR) is 133 cm³/mol. The second-order valence-corrected chi connectivity index (χ2v) is 10.2. The number of nitrogens with zero attached hydrogens (tertiary/aromatic N) is 1. The van der Waals surface area contributed by atoms with Crippen LogP contribution in [0.2, 0.25) is 5.02 Å². The minimum absolute atomic E-state index is 0.164. The van der Waals surface area contributed by atoms with Crippen molar-refractivity contribution in [1.29, 1.82) is 0 Å². The van der Waals surface area contributed by atoms with E-state index < -0.39 is 10.0 Å². The van der Waals surface area contributed by atoms with Crippen LogP contribution >= 0.6 is 11.6 Å². The normalized spacial score (nSPS) is 11.2. The SMILES string of the molecule is Cc1cc(C)cc(OCCNC(=O)c2ccc(N(Cc3ccc(Cl)cc3)S(C)(=O)=O)cc2)c1. The summed E-state index contributed by atoms with van der Waals surface area (Å²) >= 11 is 5.91. The van der Waals surface area contributed by atoms with Gasteiger partial charge in [0, 0.05) is 10.6 Å². The van der Waals surface area contributed by atoms with Gasteiger partial charge in [-0.25, -0.2) is 8.42 Å². The molecule has 0 heterocycles. The van der Waals surface area contributed by atoms with Crippen molar-refractivity contribution in [3.8, 4) is 5.75 Å². The molecular weight excluding hydrogens is 460 g/mol. The van der Waals surface area contributed by atoms with Gasteiger partial charge >= 0.3 is 0 Å². The highest BCUT2D eigenvalue weighted by Crippen LogP contribution is 2.22. The van der Waals surface area contributed by atoms with Crippen molar-refractivity contribution in [1.82, 2.24) is 5.32 Å². The molecule has 1 N–H and O–H groups in total. The monoisotopic (exact) mass is 486 g/mol. The lowest BCUT2D eigenvalue weighted by molar-refractivity contribution is 0.0947. The van der Waals surface area contributed by atoms with Gasteiger partial charge in [0.1, 0.15) is 12.4 Å². The molecule has 0 aromatic heterocycles. The minimum atomic E-state index is -3.53. The summed E-state index contributed by atoms with van der Waals surface area (Å²) in [4.78, 5) is 12.5. The molecule has 3 aromatic carbocycles. The Balaban J connectivity index is 1.60. The zero-order valence-corrected chi connectivity index (χ0v) is 20.4. The van der Waals surface area contributed by atoms with Gasteiger partial charge < -0.3 is 10.1 Å². The molecule has 0 saturated heterocycles. The second-order valence-electron chi connectivity index (χ2n) is 7.87. The molecule has 0 spiro atoms. The van der Waals surface area contributed by atoms with Crippen molar-refractivity contribution in [2.45, 2.75) is 20.4 Å². The molecule has 3 rings (SSSR count). The summed E-state index contributed by atoms with van der Waals surface area (Å²) < 4.78 is 31.7. The Morgan fingerprint density at radius 3 is 2.15 bits per heavy atom. The number of amides is 1. The number of carbonyl (C=O) groups excluding carboxylic acids is 1. The van der Waals surface area contributed by atoms with Crippen LogP contribution in [0.3, 0.4) is 0 Å². The average Bonchev–Trinajstić information content (AvgIpc) is 2.75. The quantitative estimate of drug-likeness (QED) is 0.443. The summed E-state index contributed by atoms with van der Waals surface area (Å²) in [5.41, 5.74) is 3.95. The van der Waals surface area contributed by atoms with E-state index in [0.717, 1.165) is 28.7 Å². The first kappa shape index (κ1) is 24.6. The molecule has 0 aliphatic rings. The highest BCUT2D eigenvalue weighted by molar-refractivity contribution is 7.92. The molecular formula is C25H27ClN2O4S. The molecule has 33 heavy (non-hydrogen) atoms. The fourth-order valence-electron chi connectivity index (χ4n) is 3.39. The number of carbonyl (C=O) groups is 1. The largest absolute Gasteiger partial charge is 0.492 e. The number of sulfonamides is 1. The van der Waals surface area contributed by atoms with E-state index in [9.17, 15) is 13.2 Å². The highest BCUT2D eigenvalue weighted by Gasteiger charge is 2.18. The number of aryl methyl sites for hydroxylation is 2. The molecule has 0 aliphatic heterocycles. The van der Waals surface area contributed by atoms with E-state index in [4.69, 9.17) is 16.3 Å². The lowest BCUT2D eigenvalue weighted by Crippen LogP contribution is -2.30. The predicted octanol–water partition coefficient (Wildman–Crippen LogP) is 4.73. The Morgan fingerprint density at radius 1 is 0.970 bits per heavy atom. The van der Waals surface area contributed by atoms with E-state index in [2.05, 4.69) is 11.4 Å². The van der Waals surface area contributed by atoms with Crippen LogP contribution < -0.4 is 14.4 Å². The maximum absolute atomic E-state index is 12.5. The van der Waals surface area contributed by atoms with E-state index in [1.807, 2.05) is 26.0 Å². The third-order valence-electron chi connectivity index (χ3n) is 4.91. The van der Waals surface area contributed by atoms with Gasteiger partial charge in [-0.3, -0.25) is 9.10 Å². The number of hydrogen-bond donors (Lipinski definition) is 1. The number of hydrogen-bond acceptors (Lipinski definition) is 4. The Kier molecular flexibility index (Phi) is 8.00. The van der Waals surface area contributed by atoms with Gasteiger partial charge in [0.2, 0.25) is 10.0 Å². The van der Waals surface area contributed by atoms with E-state index in [-0.39, 0.29) is 12.5 Å². The van der Waals surface area contributed by atoms with Crippen molar-refractivity contribution < 1.29 is 17.9 Å². The fourth-order valence-corrected chi connectivity index (χ4v) is 4.40. The Hall–Kier alpha value is -3.03. The molecule has 3 aromatic rings. The topological polar surface area (TPSA) is 75.7 Å². The van der Waals surface area contributed by atoms with E-state index in [1.54, 1.807) is 48.5 Å². The summed E-state index contributed by atoms with van der Waals surface area (Å²) in [6, 6.07) is 19.4. The molecule has 0 radical (unpaired) electrons. The lowest BCUT2D eigenvalue weighted by Gasteiger charge is -2.23. The minimum Gasteiger partial charge on any atom is -0.492 e. The number of halogens is 1. The van der Waals surface area contributed by atoms with E-state index >= 15 is 0 Å². The van der Waals surface area contributed by atoms with Crippen LogP contribution in [0.5, 0.6) is 5.75 Å². The lowest BCUT2D eigenvalue weighted by atomic mass is 10.1. The van der Waals surface area contributed by atoms with E-state index in [0.29, 0.717) is 29.4 Å². The highest BCUT2D eigenvalue weighted by atomic mass is 35.5. The van der Waals surface area contributed by atoms with Gasteiger partial charge in [-0.1, -0.05) is 29.8 Å². The Morgan fingerprint density at radius 2 is 1.58 bits per heavy atom. The van der Waals surface area contributed by atoms with Gasteiger partial charge in [-0.05, 0) is 79.1 Å². The van der Waals surface area contributed by atoms with Crippen LogP contribution in [0, 0.1) is 13.8 Å². The van der Waals surface area contributed by atoms with Crippen LogP contribution in [0.15, 0.2) is 66.7 Å². The molecule has 0 bridgehead atoms. The number of ether oxygens (including phenoxy) is 1. The van der Waals surface area contributed by atoms with Crippen molar-refractivity contribution in [3.63, 3.8) is 0 Å². The van der Waals surface area contributed by atoms with Gasteiger partial charge in [-0.15, -0.1) is 0 Å². The summed E-state index contributed by atoms with van der Waals surface area (Å²) in [5.74, 6) is 0.516. The third kappa shape index (κ3) is 7.23. The maximum Gasteiger partial charge on any atom is 0.251 e. The second kappa shape index (κ2) is 10.7. The van der Waals surface area contributed by atoms with Crippen LogP contribution in [-0.2, 0) is 16.6 Å². The number of rotatable bonds is 9. The maximum atomic E-state index is 12.5. The summed E-state index contributed by atoms with van der Waals surface area (Å²) in [7, 11) is -3.53. The summed E-state index contributed by atoms with van der Waals surface area (Å²) in [6.07, 6.45) is 1.15. The van der Waals surface area contributed by atoms with Crippen LogP contribution in [0.1, 0.15) is 27.0 Å². The van der Waals surface area contributed by atoms with E-state index in [1.165, 1.54) is 4.31 Å². The van der Waals surface area contributed by atoms with Crippen LogP contribution in [0.4, 0.5) is 5.69 Å². The van der Waals surface area contributed by atoms with Crippen molar-refractivity contribution in [3.05, 3.63) is 94.0 Å². The molecule has 8 heteroatoms. The van der Waals surface area contributed by atoms with Gasteiger partial charge in [0.05, 0.1) is 25.0 Å². The Labute approximate surface area is 200 Å². The molecule has 0 saturated carbocycles. The molecule has 0 fully saturated rings. The summed E-state index contributed by atoms with van der Waals surface area (Å²) in [5, 5.41) is 3.40. The Bertz CT molecular complexity index is 1190. The molecule has 1 amide bonds. The molecule has 6 nitrogen and oxygen atoms in total. The molecule has 0 aliphatic carbocycles. The number of anilines is 1. The zero-order valence-electron chi connectivity index (χ0n) is 18.8. The molecule has 174 valence electrons. The smallest absolute Gasteiger partial charge is 0.251 e. The van der Waals surface area contributed by atoms with Crippen molar-refractivity contribution in [2.24, 2.45) is 0 Å². The first-order valence-corrected chi connectivity index (χ1v) is 12.7. The van der Waals surface area contributed by atoms with Crippen LogP contribution in [-0.4, -0.2) is 33.7 Å². The first-order valence-electron chi connectivity index (χ1n) is 10.4. The zero-order chi connectivity index (χ0) is 24.0. The van der Waals surface area contributed by atoms with Crippen molar-refractivity contribution in [2.75, 3.05) is 23.7 Å². The molecule has 0 unspecified atom stereocenters. The number of nitrogens with one attached hydrogen (secondary N) is 1. The first-order chi connectivity index (χ1) is 15.6. The summed E-state index contributed by atoms with van der Waals surface area (Å²) in [6.45, 7) is 4.87. The molecule has 0 atom stereocenters. The third-order valence-corrected chi connectivity index (χ3v) is 6.30. The van der Waals surface area contributed by atoms with Gasteiger partial charge in [-0.2, -0.15) is 0 Å². The fraction of sp³-hybridized carbons (Fsp3) is 0.240.